The van der Waals surface area contributed by atoms with Gasteiger partial charge >= 0.3 is 0 Å². The second kappa shape index (κ2) is 9.92. The van der Waals surface area contributed by atoms with E-state index in [2.05, 4.69) is 15.4 Å². The summed E-state index contributed by atoms with van der Waals surface area (Å²) in [5.41, 5.74) is 5.13. The highest BCUT2D eigenvalue weighted by molar-refractivity contribution is 5.98. The first-order valence-corrected chi connectivity index (χ1v) is 11.2. The molecule has 0 fully saturated rings. The van der Waals surface area contributed by atoms with Crippen LogP contribution in [0, 0.1) is 5.82 Å². The predicted molar refractivity (Wildman–Crippen MR) is 131 cm³/mol. The van der Waals surface area contributed by atoms with Crippen LogP contribution in [-0.4, -0.2) is 26.6 Å². The minimum absolute atomic E-state index is 0.0794. The zero-order valence-corrected chi connectivity index (χ0v) is 20.3. The van der Waals surface area contributed by atoms with Crippen molar-refractivity contribution in [2.24, 2.45) is 5.73 Å². The number of pyridine rings is 1. The Bertz CT molecular complexity index is 1490. The molecule has 0 radical (unpaired) electrons. The van der Waals surface area contributed by atoms with Crippen LogP contribution in [0.15, 0.2) is 55.0 Å². The van der Waals surface area contributed by atoms with Gasteiger partial charge in [-0.25, -0.2) is 13.2 Å². The minimum atomic E-state index is -2.91. The van der Waals surface area contributed by atoms with E-state index < -0.39 is 29.6 Å². The molecule has 2 aromatic carbocycles. The number of nitrogens with zero attached hydrogens (tertiary/aromatic N) is 3. The number of fused-ring (bicyclic) bond motifs is 1. The van der Waals surface area contributed by atoms with Crippen molar-refractivity contribution in [1.82, 2.24) is 14.8 Å². The molecular weight excluding hydrogens is 487 g/mol. The lowest BCUT2D eigenvalue weighted by atomic mass is 10.1. The lowest BCUT2D eigenvalue weighted by molar-refractivity contribution is -0.115. The Hall–Kier alpha value is -4.41. The van der Waals surface area contributed by atoms with Crippen LogP contribution in [-0.2, 0) is 16.8 Å². The molecule has 4 aromatic rings. The van der Waals surface area contributed by atoms with Gasteiger partial charge in [0.05, 0.1) is 40.5 Å². The van der Waals surface area contributed by atoms with Gasteiger partial charge in [0.15, 0.2) is 0 Å². The molecule has 2 aromatic heterocycles. The number of nitrogens with one attached hydrogen (secondary N) is 1. The van der Waals surface area contributed by atoms with E-state index in [0.29, 0.717) is 11.3 Å². The van der Waals surface area contributed by atoms with Gasteiger partial charge in [-0.15, -0.1) is 0 Å². The van der Waals surface area contributed by atoms with E-state index in [9.17, 15) is 22.8 Å². The number of anilines is 1. The Morgan fingerprint density at radius 3 is 2.54 bits per heavy atom. The van der Waals surface area contributed by atoms with Crippen LogP contribution < -0.4 is 15.8 Å². The van der Waals surface area contributed by atoms with Gasteiger partial charge < -0.3 is 15.8 Å². The summed E-state index contributed by atoms with van der Waals surface area (Å²) < 4.78 is 49.4. The summed E-state index contributed by atoms with van der Waals surface area (Å²) in [6, 6.07) is 7.60. The quantitative estimate of drug-likeness (QED) is 0.348. The fourth-order valence-electron chi connectivity index (χ4n) is 3.65. The number of alkyl halides is 2. The summed E-state index contributed by atoms with van der Waals surface area (Å²) in [4.78, 5) is 28.1. The van der Waals surface area contributed by atoms with Crippen LogP contribution in [0.2, 0.25) is 0 Å². The van der Waals surface area contributed by atoms with Gasteiger partial charge in [0.25, 0.3) is 12.3 Å². The fraction of sp³-hybridized carbons (Fsp3) is 0.231. The number of carbonyl (C=O) groups is 2. The number of nitrogens with two attached hydrogens (primary N) is 1. The van der Waals surface area contributed by atoms with E-state index in [-0.39, 0.29) is 39.9 Å². The van der Waals surface area contributed by atoms with E-state index in [4.69, 9.17) is 10.5 Å². The number of halogens is 3. The van der Waals surface area contributed by atoms with E-state index in [1.165, 1.54) is 36.7 Å². The molecule has 3 N–H and O–H groups in total. The standard InChI is InChI=1S/C26H24F3N5O3/c1-26(2,3)34-13-15(12-32-34)33-23(35)9-14-4-5-21(18(8-14)24(28)29)37-22-6-7-31-20-11-19(27)16(25(30)36)10-17(20)22/h4-8,10-13,24H,9H2,1-3H3,(H2,30,36)(H,33,35). The van der Waals surface area contributed by atoms with E-state index in [1.807, 2.05) is 20.8 Å². The molecule has 4 rings (SSSR count). The molecule has 0 atom stereocenters. The van der Waals surface area contributed by atoms with Crippen molar-refractivity contribution in [3.63, 3.8) is 0 Å². The molecule has 0 saturated carbocycles. The minimum Gasteiger partial charge on any atom is -0.456 e. The van der Waals surface area contributed by atoms with Crippen LogP contribution in [0.25, 0.3) is 10.9 Å². The molecule has 2 heterocycles. The Morgan fingerprint density at radius 1 is 1.14 bits per heavy atom. The van der Waals surface area contributed by atoms with Crippen molar-refractivity contribution < 1.29 is 27.5 Å². The van der Waals surface area contributed by atoms with Crippen LogP contribution in [0.1, 0.15) is 48.7 Å². The maximum Gasteiger partial charge on any atom is 0.267 e. The molecule has 37 heavy (non-hydrogen) atoms. The molecule has 0 saturated heterocycles. The van der Waals surface area contributed by atoms with Gasteiger partial charge in [0.1, 0.15) is 17.3 Å². The van der Waals surface area contributed by atoms with Crippen LogP contribution in [0.4, 0.5) is 18.9 Å². The SMILES string of the molecule is CC(C)(C)n1cc(NC(=O)Cc2ccc(Oc3ccnc4cc(F)c(C(N)=O)cc34)c(C(F)F)c2)cn1. The monoisotopic (exact) mass is 511 g/mol. The lowest BCUT2D eigenvalue weighted by Crippen LogP contribution is -2.22. The largest absolute Gasteiger partial charge is 0.456 e. The highest BCUT2D eigenvalue weighted by Crippen LogP contribution is 2.36. The molecule has 11 heteroatoms. The molecule has 0 aliphatic rings. The highest BCUT2D eigenvalue weighted by Gasteiger charge is 2.20. The topological polar surface area (TPSA) is 112 Å². The van der Waals surface area contributed by atoms with Gasteiger partial charge in [0, 0.05) is 23.8 Å². The van der Waals surface area contributed by atoms with Crippen molar-refractivity contribution in [2.45, 2.75) is 39.2 Å². The van der Waals surface area contributed by atoms with Crippen molar-refractivity contribution in [3.05, 3.63) is 77.5 Å². The number of amides is 2. The van der Waals surface area contributed by atoms with Crippen LogP contribution in [0.5, 0.6) is 11.5 Å². The number of benzene rings is 2. The van der Waals surface area contributed by atoms with E-state index in [0.717, 1.165) is 12.1 Å². The predicted octanol–water partition coefficient (Wildman–Crippen LogP) is 5.34. The van der Waals surface area contributed by atoms with Crippen molar-refractivity contribution in [2.75, 3.05) is 5.32 Å². The zero-order valence-electron chi connectivity index (χ0n) is 20.3. The summed E-state index contributed by atoms with van der Waals surface area (Å²) in [7, 11) is 0. The Kier molecular flexibility index (Phi) is 6.88. The van der Waals surface area contributed by atoms with E-state index in [1.54, 1.807) is 10.9 Å². The number of aromatic nitrogens is 3. The number of ether oxygens (including phenoxy) is 1. The Morgan fingerprint density at radius 2 is 1.89 bits per heavy atom. The smallest absolute Gasteiger partial charge is 0.267 e. The second-order valence-electron chi connectivity index (χ2n) is 9.37. The third-order valence-corrected chi connectivity index (χ3v) is 5.50. The number of hydrogen-bond donors (Lipinski definition) is 2. The van der Waals surface area contributed by atoms with E-state index >= 15 is 0 Å². The first-order chi connectivity index (χ1) is 17.4. The van der Waals surface area contributed by atoms with Gasteiger partial charge in [0.2, 0.25) is 5.91 Å². The third-order valence-electron chi connectivity index (χ3n) is 5.50. The molecule has 0 bridgehead atoms. The lowest BCUT2D eigenvalue weighted by Gasteiger charge is -2.18. The average molecular weight is 512 g/mol. The third kappa shape index (κ3) is 5.71. The second-order valence-corrected chi connectivity index (χ2v) is 9.37. The van der Waals surface area contributed by atoms with Gasteiger partial charge in [-0.1, -0.05) is 6.07 Å². The van der Waals surface area contributed by atoms with Gasteiger partial charge in [-0.3, -0.25) is 19.3 Å². The molecule has 0 spiro atoms. The first-order valence-electron chi connectivity index (χ1n) is 11.2. The molecule has 0 aliphatic carbocycles. The fourth-order valence-corrected chi connectivity index (χ4v) is 3.65. The normalized spacial score (nSPS) is 11.6. The summed E-state index contributed by atoms with van der Waals surface area (Å²) in [6.07, 6.45) is 1.46. The van der Waals surface area contributed by atoms with Crippen LogP contribution in [0.3, 0.4) is 0 Å². The summed E-state index contributed by atoms with van der Waals surface area (Å²) in [5, 5.41) is 7.14. The number of carbonyl (C=O) groups excluding carboxylic acids is 2. The summed E-state index contributed by atoms with van der Waals surface area (Å²) in [6.45, 7) is 5.89. The van der Waals surface area contributed by atoms with Crippen molar-refractivity contribution >= 4 is 28.4 Å². The average Bonchev–Trinajstić information content (AvgIpc) is 3.28. The molecule has 0 unspecified atom stereocenters. The number of hydrogen-bond acceptors (Lipinski definition) is 5. The highest BCUT2D eigenvalue weighted by atomic mass is 19.3. The summed E-state index contributed by atoms with van der Waals surface area (Å²) >= 11 is 0. The first kappa shape index (κ1) is 25.7. The molecule has 2 amide bonds. The van der Waals surface area contributed by atoms with Crippen molar-refractivity contribution in [3.8, 4) is 11.5 Å². The van der Waals surface area contributed by atoms with Crippen LogP contribution >= 0.6 is 0 Å². The van der Waals surface area contributed by atoms with Crippen molar-refractivity contribution in [1.29, 1.82) is 0 Å². The van der Waals surface area contributed by atoms with Gasteiger partial charge in [-0.2, -0.15) is 5.10 Å². The molecule has 192 valence electrons. The maximum absolute atomic E-state index is 14.1. The Balaban J connectivity index is 1.57. The maximum atomic E-state index is 14.1. The number of primary amides is 1. The Labute approximate surface area is 210 Å². The number of rotatable bonds is 7. The molecular formula is C26H24F3N5O3. The molecule has 0 aliphatic heterocycles. The van der Waals surface area contributed by atoms with Gasteiger partial charge in [-0.05, 0) is 50.6 Å². The zero-order chi connectivity index (χ0) is 26.9. The summed E-state index contributed by atoms with van der Waals surface area (Å²) in [5.74, 6) is -2.33. The molecule has 8 nitrogen and oxygen atoms in total.